The van der Waals surface area contributed by atoms with E-state index >= 15 is 0 Å². The molecule has 0 spiro atoms. The van der Waals surface area contributed by atoms with Gasteiger partial charge in [-0.25, -0.2) is 0 Å². The fourth-order valence-corrected chi connectivity index (χ4v) is 10.9. The first-order chi connectivity index (χ1) is 36.9. The maximum atomic E-state index is 2.45. The van der Waals surface area contributed by atoms with Gasteiger partial charge in [-0.2, -0.15) is 0 Å². The average molecular weight is 976 g/mol. The van der Waals surface area contributed by atoms with E-state index in [4.69, 9.17) is 0 Å². The molecule has 0 radical (unpaired) electrons. The van der Waals surface area contributed by atoms with Crippen LogP contribution in [0.1, 0.15) is 74.9 Å². The number of para-hydroxylation sites is 6. The van der Waals surface area contributed by atoms with Crippen molar-refractivity contribution in [2.24, 2.45) is 0 Å². The lowest BCUT2D eigenvalue weighted by atomic mass is 9.92. The lowest BCUT2D eigenvalue weighted by Gasteiger charge is -2.29. The van der Waals surface area contributed by atoms with E-state index in [1.807, 2.05) is 0 Å². The molecule has 0 saturated carbocycles. The first kappa shape index (κ1) is 50.1. The maximum absolute atomic E-state index is 2.45. The van der Waals surface area contributed by atoms with Crippen LogP contribution in [0.3, 0.4) is 0 Å². The Hall–Kier alpha value is -8.40. The van der Waals surface area contributed by atoms with E-state index in [0.29, 0.717) is 0 Å². The van der Waals surface area contributed by atoms with Crippen LogP contribution in [0.2, 0.25) is 0 Å². The van der Waals surface area contributed by atoms with Crippen molar-refractivity contribution in [3.63, 3.8) is 0 Å². The maximum Gasteiger partial charge on any atom is 0.0493 e. The molecule has 0 bridgehead atoms. The molecule has 0 fully saturated rings. The quantitative estimate of drug-likeness (QED) is 0.0848. The van der Waals surface area contributed by atoms with Crippen LogP contribution in [0.4, 0.5) is 51.2 Å². The Bertz CT molecular complexity index is 2990. The minimum Gasteiger partial charge on any atom is -0.310 e. The van der Waals surface area contributed by atoms with Crippen molar-refractivity contribution >= 4 is 51.2 Å². The highest BCUT2D eigenvalue weighted by Crippen LogP contribution is 2.44. The van der Waals surface area contributed by atoms with Gasteiger partial charge in [0.05, 0.1) is 0 Å². The summed E-state index contributed by atoms with van der Waals surface area (Å²) in [5, 5.41) is 0. The summed E-state index contributed by atoms with van der Waals surface area (Å²) in [6.45, 7) is 13.5. The Morgan fingerprint density at radius 3 is 0.547 bits per heavy atom. The smallest absolute Gasteiger partial charge is 0.0493 e. The summed E-state index contributed by atoms with van der Waals surface area (Å²) in [4.78, 5) is 7.36. The molecule has 10 aromatic rings. The largest absolute Gasteiger partial charge is 0.310 e. The van der Waals surface area contributed by atoms with Crippen molar-refractivity contribution in [1.82, 2.24) is 0 Å². The summed E-state index contributed by atoms with van der Waals surface area (Å²) in [6.07, 6.45) is 5.68. The van der Waals surface area contributed by atoms with E-state index in [1.165, 1.54) is 101 Å². The standard InChI is InChI=1S/C72H69N3/c1-7-52-25-13-19-31-67(52)73(68-32-20-14-26-53(68)8-2)64-43-37-58(38-44-64)61-49-62(59-39-45-65(46-40-59)74(69-33-21-15-27-54(69)9-3)70-34-22-16-28-55(70)10-4)51-63(50-61)60-41-47-66(48-42-60)75(71-35-23-17-29-56(71)11-5)72-36-24-18-30-57(72)12-6/h13-51H,7-12H2,1-6H3. The molecule has 0 saturated heterocycles. The van der Waals surface area contributed by atoms with Crippen molar-refractivity contribution in [2.75, 3.05) is 14.7 Å². The second-order valence-corrected chi connectivity index (χ2v) is 19.3. The van der Waals surface area contributed by atoms with Crippen molar-refractivity contribution in [3.8, 4) is 33.4 Å². The minimum absolute atomic E-state index is 0.947. The second-order valence-electron chi connectivity index (χ2n) is 19.3. The third kappa shape index (κ3) is 10.4. The summed E-state index contributed by atoms with van der Waals surface area (Å²) >= 11 is 0. The number of hydrogen-bond donors (Lipinski definition) is 0. The highest BCUT2D eigenvalue weighted by atomic mass is 15.2. The Kier molecular flexibility index (Phi) is 15.5. The molecule has 0 aliphatic rings. The molecule has 0 heterocycles. The van der Waals surface area contributed by atoms with E-state index in [9.17, 15) is 0 Å². The third-order valence-corrected chi connectivity index (χ3v) is 15.0. The van der Waals surface area contributed by atoms with Crippen LogP contribution in [0.25, 0.3) is 33.4 Å². The highest BCUT2D eigenvalue weighted by molar-refractivity contribution is 5.88. The molecule has 75 heavy (non-hydrogen) atoms. The Morgan fingerprint density at radius 2 is 0.373 bits per heavy atom. The van der Waals surface area contributed by atoms with E-state index < -0.39 is 0 Å². The fraction of sp³-hybridized carbons (Fsp3) is 0.167. The molecule has 10 rings (SSSR count). The number of aryl methyl sites for hydroxylation is 6. The molecule has 0 atom stereocenters. The molecule has 0 aliphatic carbocycles. The topological polar surface area (TPSA) is 9.72 Å². The molecule has 10 aromatic carbocycles. The second kappa shape index (κ2) is 23.2. The zero-order chi connectivity index (χ0) is 51.7. The van der Waals surface area contributed by atoms with Gasteiger partial charge < -0.3 is 14.7 Å². The van der Waals surface area contributed by atoms with E-state index in [1.54, 1.807) is 0 Å². The van der Waals surface area contributed by atoms with Gasteiger partial charge in [0.2, 0.25) is 0 Å². The molecule has 0 amide bonds. The summed E-state index contributed by atoms with van der Waals surface area (Å²) in [7, 11) is 0. The molecule has 3 heteroatoms. The SMILES string of the molecule is CCc1ccccc1N(c1ccc(-c2cc(-c3ccc(N(c4ccccc4CC)c4ccccc4CC)cc3)cc(-c3ccc(N(c4ccccc4CC)c4ccccc4CC)cc3)c2)cc1)c1ccccc1CC. The van der Waals surface area contributed by atoms with Crippen LogP contribution in [-0.4, -0.2) is 0 Å². The summed E-state index contributed by atoms with van der Waals surface area (Å²) < 4.78 is 0. The highest BCUT2D eigenvalue weighted by Gasteiger charge is 2.22. The van der Waals surface area contributed by atoms with Gasteiger partial charge in [-0.05, 0) is 196 Å². The average Bonchev–Trinajstić information content (AvgIpc) is 3.48. The molecule has 0 aliphatic heterocycles. The lowest BCUT2D eigenvalue weighted by Crippen LogP contribution is -2.14. The van der Waals surface area contributed by atoms with Crippen molar-refractivity contribution in [3.05, 3.63) is 270 Å². The fourth-order valence-electron chi connectivity index (χ4n) is 10.9. The number of rotatable bonds is 18. The van der Waals surface area contributed by atoms with E-state index in [-0.39, 0.29) is 0 Å². The van der Waals surface area contributed by atoms with E-state index in [2.05, 4.69) is 293 Å². The van der Waals surface area contributed by atoms with Gasteiger partial charge in [-0.3, -0.25) is 0 Å². The summed E-state index contributed by atoms with van der Waals surface area (Å²) in [6, 6.07) is 87.8. The molecule has 0 unspecified atom stereocenters. The zero-order valence-electron chi connectivity index (χ0n) is 44.6. The monoisotopic (exact) mass is 976 g/mol. The summed E-state index contributed by atoms with van der Waals surface area (Å²) in [5.74, 6) is 0. The Morgan fingerprint density at radius 1 is 0.200 bits per heavy atom. The number of nitrogens with zero attached hydrogens (tertiary/aromatic N) is 3. The molecule has 0 N–H and O–H groups in total. The van der Waals surface area contributed by atoms with Crippen molar-refractivity contribution < 1.29 is 0 Å². The minimum atomic E-state index is 0.947. The molecular formula is C72H69N3. The van der Waals surface area contributed by atoms with Crippen LogP contribution in [0.5, 0.6) is 0 Å². The predicted molar refractivity (Wildman–Crippen MR) is 323 cm³/mol. The van der Waals surface area contributed by atoms with Gasteiger partial charge in [-0.15, -0.1) is 0 Å². The van der Waals surface area contributed by atoms with Gasteiger partial charge in [-0.1, -0.05) is 187 Å². The number of hydrogen-bond acceptors (Lipinski definition) is 3. The van der Waals surface area contributed by atoms with Gasteiger partial charge in [0.1, 0.15) is 0 Å². The van der Waals surface area contributed by atoms with Crippen molar-refractivity contribution in [2.45, 2.75) is 80.1 Å². The number of anilines is 9. The first-order valence-corrected chi connectivity index (χ1v) is 27.3. The van der Waals surface area contributed by atoms with Gasteiger partial charge >= 0.3 is 0 Å². The van der Waals surface area contributed by atoms with Crippen LogP contribution >= 0.6 is 0 Å². The molecule has 0 aromatic heterocycles. The van der Waals surface area contributed by atoms with Gasteiger partial charge in [0, 0.05) is 51.2 Å². The summed E-state index contributed by atoms with van der Waals surface area (Å²) in [5.41, 5.74) is 25.7. The lowest BCUT2D eigenvalue weighted by molar-refractivity contribution is 1.09. The van der Waals surface area contributed by atoms with Crippen LogP contribution in [0, 0.1) is 0 Å². The van der Waals surface area contributed by atoms with Crippen LogP contribution < -0.4 is 14.7 Å². The molecule has 372 valence electrons. The van der Waals surface area contributed by atoms with Gasteiger partial charge in [0.15, 0.2) is 0 Å². The van der Waals surface area contributed by atoms with E-state index in [0.717, 1.165) is 55.6 Å². The van der Waals surface area contributed by atoms with Gasteiger partial charge in [0.25, 0.3) is 0 Å². The Labute approximate surface area is 447 Å². The normalized spacial score (nSPS) is 11.1. The van der Waals surface area contributed by atoms with Crippen molar-refractivity contribution in [1.29, 1.82) is 0 Å². The Balaban J connectivity index is 1.10. The molecule has 3 nitrogen and oxygen atoms in total. The molecular weight excluding hydrogens is 907 g/mol. The predicted octanol–water partition coefficient (Wildman–Crippen LogP) is 20.5. The van der Waals surface area contributed by atoms with Crippen LogP contribution in [-0.2, 0) is 38.5 Å². The third-order valence-electron chi connectivity index (χ3n) is 15.0. The van der Waals surface area contributed by atoms with Crippen LogP contribution in [0.15, 0.2) is 237 Å². The zero-order valence-corrected chi connectivity index (χ0v) is 44.6. The first-order valence-electron chi connectivity index (χ1n) is 27.3. The number of benzene rings is 10.